The highest BCUT2D eigenvalue weighted by Crippen LogP contribution is 2.24. The van der Waals surface area contributed by atoms with Gasteiger partial charge < -0.3 is 15.0 Å². The zero-order chi connectivity index (χ0) is 16.0. The van der Waals surface area contributed by atoms with Gasteiger partial charge in [-0.15, -0.1) is 13.2 Å². The standard InChI is InChI=1S/C13H14F3N3O2/c1-9(7-17)8-19(2)12(20)18-10-3-5-11(6-4-10)21-13(14,15)16/h3-6,9H,8H2,1-2H3,(H,18,20). The number of hydrogen-bond donors (Lipinski definition) is 1. The molecule has 0 aromatic heterocycles. The lowest BCUT2D eigenvalue weighted by Gasteiger charge is -2.19. The van der Waals surface area contributed by atoms with Gasteiger partial charge in [0.15, 0.2) is 0 Å². The maximum Gasteiger partial charge on any atom is 0.573 e. The Kier molecular flexibility index (Phi) is 5.41. The first-order valence-electron chi connectivity index (χ1n) is 5.99. The highest BCUT2D eigenvalue weighted by atomic mass is 19.4. The maximum atomic E-state index is 12.0. The van der Waals surface area contributed by atoms with Crippen molar-refractivity contribution in [2.24, 2.45) is 5.92 Å². The summed E-state index contributed by atoms with van der Waals surface area (Å²) in [5.41, 5.74) is 0.325. The number of anilines is 1. The summed E-state index contributed by atoms with van der Waals surface area (Å²) in [6.07, 6.45) is -4.75. The third-order valence-corrected chi connectivity index (χ3v) is 2.45. The number of rotatable bonds is 4. The van der Waals surface area contributed by atoms with Crippen molar-refractivity contribution in [3.8, 4) is 11.8 Å². The van der Waals surface area contributed by atoms with Crippen LogP contribution in [0.15, 0.2) is 24.3 Å². The molecule has 2 amide bonds. The van der Waals surface area contributed by atoms with E-state index in [0.717, 1.165) is 12.1 Å². The second-order valence-electron chi connectivity index (χ2n) is 4.41. The second kappa shape index (κ2) is 6.83. The number of carbonyl (C=O) groups excluding carboxylic acids is 1. The van der Waals surface area contributed by atoms with E-state index in [1.54, 1.807) is 6.92 Å². The van der Waals surface area contributed by atoms with Gasteiger partial charge in [0, 0.05) is 19.3 Å². The van der Waals surface area contributed by atoms with Crippen molar-refractivity contribution in [3.63, 3.8) is 0 Å². The molecule has 1 unspecified atom stereocenters. The third kappa shape index (κ3) is 6.03. The lowest BCUT2D eigenvalue weighted by molar-refractivity contribution is -0.274. The zero-order valence-electron chi connectivity index (χ0n) is 11.4. The molecule has 0 radical (unpaired) electrons. The average molecular weight is 301 g/mol. The van der Waals surface area contributed by atoms with Gasteiger partial charge in [0.2, 0.25) is 0 Å². The maximum absolute atomic E-state index is 12.0. The molecule has 8 heteroatoms. The van der Waals surface area contributed by atoms with Crippen LogP contribution in [-0.2, 0) is 0 Å². The van der Waals surface area contributed by atoms with E-state index in [2.05, 4.69) is 10.1 Å². The van der Waals surface area contributed by atoms with Crippen molar-refractivity contribution < 1.29 is 22.7 Å². The second-order valence-corrected chi connectivity index (χ2v) is 4.41. The van der Waals surface area contributed by atoms with Crippen molar-refractivity contribution in [3.05, 3.63) is 24.3 Å². The number of amides is 2. The van der Waals surface area contributed by atoms with Gasteiger partial charge in [-0.3, -0.25) is 0 Å². The van der Waals surface area contributed by atoms with Crippen LogP contribution in [0.25, 0.3) is 0 Å². The number of nitrogens with zero attached hydrogens (tertiary/aromatic N) is 2. The molecule has 21 heavy (non-hydrogen) atoms. The first-order valence-corrected chi connectivity index (χ1v) is 5.99. The van der Waals surface area contributed by atoms with Gasteiger partial charge >= 0.3 is 12.4 Å². The third-order valence-electron chi connectivity index (χ3n) is 2.45. The fourth-order valence-electron chi connectivity index (χ4n) is 1.49. The Balaban J connectivity index is 2.59. The molecule has 1 aromatic carbocycles. The Morgan fingerprint density at radius 1 is 1.43 bits per heavy atom. The Morgan fingerprint density at radius 3 is 2.48 bits per heavy atom. The van der Waals surface area contributed by atoms with Gasteiger partial charge in [-0.05, 0) is 31.2 Å². The molecule has 0 bridgehead atoms. The van der Waals surface area contributed by atoms with Crippen LogP contribution in [-0.4, -0.2) is 30.9 Å². The van der Waals surface area contributed by atoms with E-state index in [-0.39, 0.29) is 18.2 Å². The molecule has 0 heterocycles. The number of nitrogens with one attached hydrogen (secondary N) is 1. The number of carbonyl (C=O) groups is 1. The summed E-state index contributed by atoms with van der Waals surface area (Å²) in [6.45, 7) is 1.92. The van der Waals surface area contributed by atoms with E-state index in [1.165, 1.54) is 24.1 Å². The molecule has 0 aliphatic carbocycles. The largest absolute Gasteiger partial charge is 0.573 e. The van der Waals surface area contributed by atoms with Crippen molar-refractivity contribution in [2.45, 2.75) is 13.3 Å². The molecule has 0 saturated carbocycles. The molecule has 0 fully saturated rings. The number of ether oxygens (including phenoxy) is 1. The number of halogens is 3. The van der Waals surface area contributed by atoms with Gasteiger partial charge in [-0.1, -0.05) is 0 Å². The van der Waals surface area contributed by atoms with Crippen molar-refractivity contribution in [1.29, 1.82) is 5.26 Å². The minimum absolute atomic E-state index is 0.248. The van der Waals surface area contributed by atoms with Crippen molar-refractivity contribution in [1.82, 2.24) is 4.90 Å². The molecule has 114 valence electrons. The quantitative estimate of drug-likeness (QED) is 0.928. The van der Waals surface area contributed by atoms with E-state index in [9.17, 15) is 18.0 Å². The molecule has 0 aliphatic rings. The fourth-order valence-corrected chi connectivity index (χ4v) is 1.49. The van der Waals surface area contributed by atoms with Crippen LogP contribution < -0.4 is 10.1 Å². The Labute approximate surface area is 119 Å². The van der Waals surface area contributed by atoms with E-state index in [1.807, 2.05) is 6.07 Å². The molecule has 5 nitrogen and oxygen atoms in total. The van der Waals surface area contributed by atoms with Gasteiger partial charge in [0.1, 0.15) is 5.75 Å². The number of hydrogen-bond acceptors (Lipinski definition) is 3. The van der Waals surface area contributed by atoms with Crippen LogP contribution >= 0.6 is 0 Å². The number of alkyl halides is 3. The molecule has 0 aliphatic heterocycles. The van der Waals surface area contributed by atoms with E-state index in [0.29, 0.717) is 5.69 Å². The summed E-state index contributed by atoms with van der Waals surface area (Å²) in [7, 11) is 1.52. The van der Waals surface area contributed by atoms with Crippen LogP contribution in [0.5, 0.6) is 5.75 Å². The minimum Gasteiger partial charge on any atom is -0.406 e. The summed E-state index contributed by atoms with van der Waals surface area (Å²) in [6, 6.07) is 6.32. The lowest BCUT2D eigenvalue weighted by atomic mass is 10.2. The summed E-state index contributed by atoms with van der Waals surface area (Å²) < 4.78 is 39.7. The van der Waals surface area contributed by atoms with Gasteiger partial charge in [0.05, 0.1) is 12.0 Å². The SMILES string of the molecule is CC(C#N)CN(C)C(=O)Nc1ccc(OC(F)(F)F)cc1. The fraction of sp³-hybridized carbons (Fsp3) is 0.385. The van der Waals surface area contributed by atoms with Gasteiger partial charge in [-0.2, -0.15) is 5.26 Å². The van der Waals surface area contributed by atoms with Crippen LogP contribution in [0.1, 0.15) is 6.92 Å². The lowest BCUT2D eigenvalue weighted by Crippen LogP contribution is -2.34. The summed E-state index contributed by atoms with van der Waals surface area (Å²) in [5.74, 6) is -0.685. The first-order chi connectivity index (χ1) is 9.71. The van der Waals surface area contributed by atoms with E-state index in [4.69, 9.17) is 5.26 Å². The molecular weight excluding hydrogens is 287 g/mol. The minimum atomic E-state index is -4.75. The highest BCUT2D eigenvalue weighted by molar-refractivity contribution is 5.89. The highest BCUT2D eigenvalue weighted by Gasteiger charge is 2.30. The average Bonchev–Trinajstić information content (AvgIpc) is 2.39. The van der Waals surface area contributed by atoms with Gasteiger partial charge in [0.25, 0.3) is 0 Å². The molecule has 0 spiro atoms. The van der Waals surface area contributed by atoms with Crippen molar-refractivity contribution in [2.75, 3.05) is 18.9 Å². The molecular formula is C13H14F3N3O2. The predicted octanol–water partition coefficient (Wildman–Crippen LogP) is 3.21. The van der Waals surface area contributed by atoms with Crippen molar-refractivity contribution >= 4 is 11.7 Å². The van der Waals surface area contributed by atoms with Crippen LogP contribution in [0.4, 0.5) is 23.7 Å². The van der Waals surface area contributed by atoms with E-state index >= 15 is 0 Å². The topological polar surface area (TPSA) is 65.4 Å². The molecule has 1 aromatic rings. The zero-order valence-corrected chi connectivity index (χ0v) is 11.4. The van der Waals surface area contributed by atoms with Gasteiger partial charge in [-0.25, -0.2) is 4.79 Å². The summed E-state index contributed by atoms with van der Waals surface area (Å²) >= 11 is 0. The normalized spacial score (nSPS) is 12.2. The molecule has 0 saturated heterocycles. The van der Waals surface area contributed by atoms with Crippen LogP contribution in [0.3, 0.4) is 0 Å². The number of urea groups is 1. The monoisotopic (exact) mass is 301 g/mol. The molecule has 1 atom stereocenters. The smallest absolute Gasteiger partial charge is 0.406 e. The summed E-state index contributed by atoms with van der Waals surface area (Å²) in [4.78, 5) is 13.1. The predicted molar refractivity (Wildman–Crippen MR) is 69.6 cm³/mol. The molecule has 1 N–H and O–H groups in total. The first kappa shape index (κ1) is 16.6. The molecule has 1 rings (SSSR count). The van der Waals surface area contributed by atoms with E-state index < -0.39 is 12.4 Å². The number of nitriles is 1. The van der Waals surface area contributed by atoms with Crippen LogP contribution in [0, 0.1) is 17.2 Å². The Morgan fingerprint density at radius 2 is 2.00 bits per heavy atom. The van der Waals surface area contributed by atoms with Crippen LogP contribution in [0.2, 0.25) is 0 Å². The Hall–Kier alpha value is -2.43. The summed E-state index contributed by atoms with van der Waals surface area (Å²) in [5, 5.41) is 11.2. The number of benzene rings is 1. The Bertz CT molecular complexity index is 523.